The molecule has 3 rings (SSSR count). The van der Waals surface area contributed by atoms with Gasteiger partial charge in [-0.2, -0.15) is 0 Å². The minimum absolute atomic E-state index is 0.0625. The highest BCUT2D eigenvalue weighted by molar-refractivity contribution is 5.93. The number of para-hydroxylation sites is 1. The molecular weight excluding hydrogens is 268 g/mol. The summed E-state index contributed by atoms with van der Waals surface area (Å²) in [5.74, 6) is -0.190. The first kappa shape index (κ1) is 13.8. The Labute approximate surface area is 123 Å². The lowest BCUT2D eigenvalue weighted by atomic mass is 10.1. The highest BCUT2D eigenvalue weighted by Gasteiger charge is 2.21. The molecule has 110 valence electrons. The van der Waals surface area contributed by atoms with Gasteiger partial charge in [0.1, 0.15) is 0 Å². The summed E-state index contributed by atoms with van der Waals surface area (Å²) >= 11 is 0. The summed E-state index contributed by atoms with van der Waals surface area (Å²) in [6.45, 7) is 3.19. The van der Waals surface area contributed by atoms with Gasteiger partial charge < -0.3 is 10.1 Å². The molecule has 0 bridgehead atoms. The van der Waals surface area contributed by atoms with Crippen molar-refractivity contribution in [2.24, 2.45) is 0 Å². The molecule has 1 aromatic heterocycles. The smallest absolute Gasteiger partial charge is 0.274 e. The highest BCUT2D eigenvalue weighted by Crippen LogP contribution is 2.13. The second-order valence-electron chi connectivity index (χ2n) is 5.16. The highest BCUT2D eigenvalue weighted by atomic mass is 16.5. The van der Waals surface area contributed by atoms with Crippen LogP contribution in [0.1, 0.15) is 29.0 Å². The summed E-state index contributed by atoms with van der Waals surface area (Å²) in [7, 11) is 0. The van der Waals surface area contributed by atoms with Crippen LogP contribution in [0.15, 0.2) is 30.3 Å². The number of nitrogens with one attached hydrogen (secondary N) is 1. The molecule has 0 radical (unpaired) electrons. The molecular formula is C15H18N4O2. The minimum Gasteiger partial charge on any atom is -0.379 e. The van der Waals surface area contributed by atoms with Crippen LogP contribution in [0.2, 0.25) is 0 Å². The Hall–Kier alpha value is -2.21. The van der Waals surface area contributed by atoms with Gasteiger partial charge in [0.05, 0.1) is 24.0 Å². The van der Waals surface area contributed by atoms with E-state index in [-0.39, 0.29) is 11.9 Å². The number of hydrogen-bond acceptors (Lipinski definition) is 4. The van der Waals surface area contributed by atoms with Crippen LogP contribution in [-0.2, 0) is 4.74 Å². The SMILES string of the molecule is Cc1c(C(=O)N[C@H]2CCCOC2)nnn1-c1ccccc1. The van der Waals surface area contributed by atoms with Gasteiger partial charge in [-0.05, 0) is 31.9 Å². The summed E-state index contributed by atoms with van der Waals surface area (Å²) < 4.78 is 7.04. The molecule has 1 atom stereocenters. The fourth-order valence-electron chi connectivity index (χ4n) is 2.46. The number of carbonyl (C=O) groups is 1. The molecule has 1 amide bonds. The van der Waals surface area contributed by atoms with Crippen LogP contribution in [0.25, 0.3) is 5.69 Å². The lowest BCUT2D eigenvalue weighted by Gasteiger charge is -2.22. The molecule has 1 aliphatic rings. The van der Waals surface area contributed by atoms with Crippen LogP contribution < -0.4 is 5.32 Å². The Balaban J connectivity index is 1.77. The van der Waals surface area contributed by atoms with Gasteiger partial charge in [-0.25, -0.2) is 4.68 Å². The molecule has 1 aromatic carbocycles. The van der Waals surface area contributed by atoms with Crippen molar-refractivity contribution in [3.05, 3.63) is 41.7 Å². The van der Waals surface area contributed by atoms with Crippen molar-refractivity contribution in [1.29, 1.82) is 0 Å². The first-order chi connectivity index (χ1) is 10.3. The van der Waals surface area contributed by atoms with Gasteiger partial charge in [0.2, 0.25) is 0 Å². The predicted octanol–water partition coefficient (Wildman–Crippen LogP) is 1.48. The lowest BCUT2D eigenvalue weighted by Crippen LogP contribution is -2.41. The second-order valence-corrected chi connectivity index (χ2v) is 5.16. The Bertz CT molecular complexity index is 618. The number of amides is 1. The number of aromatic nitrogens is 3. The van der Waals surface area contributed by atoms with Crippen molar-refractivity contribution in [2.45, 2.75) is 25.8 Å². The average molecular weight is 286 g/mol. The number of ether oxygens (including phenoxy) is 1. The van der Waals surface area contributed by atoms with Crippen molar-refractivity contribution in [3.63, 3.8) is 0 Å². The van der Waals surface area contributed by atoms with E-state index in [4.69, 9.17) is 4.74 Å². The molecule has 1 aliphatic heterocycles. The van der Waals surface area contributed by atoms with E-state index < -0.39 is 0 Å². The van der Waals surface area contributed by atoms with Crippen LogP contribution in [0, 0.1) is 6.92 Å². The molecule has 0 spiro atoms. The zero-order chi connectivity index (χ0) is 14.7. The quantitative estimate of drug-likeness (QED) is 0.928. The third kappa shape index (κ3) is 2.95. The summed E-state index contributed by atoms with van der Waals surface area (Å²) in [5, 5.41) is 11.1. The first-order valence-electron chi connectivity index (χ1n) is 7.12. The van der Waals surface area contributed by atoms with Gasteiger partial charge in [0.25, 0.3) is 5.91 Å². The number of benzene rings is 1. The third-order valence-corrected chi connectivity index (χ3v) is 3.61. The monoisotopic (exact) mass is 286 g/mol. The molecule has 1 fully saturated rings. The molecule has 0 unspecified atom stereocenters. The topological polar surface area (TPSA) is 69.0 Å². The zero-order valence-corrected chi connectivity index (χ0v) is 12.0. The molecule has 1 saturated heterocycles. The number of hydrogen-bond donors (Lipinski definition) is 1. The maximum absolute atomic E-state index is 12.3. The van der Waals surface area contributed by atoms with E-state index in [2.05, 4.69) is 15.6 Å². The van der Waals surface area contributed by atoms with Gasteiger partial charge in [0.15, 0.2) is 5.69 Å². The zero-order valence-electron chi connectivity index (χ0n) is 12.0. The molecule has 6 heteroatoms. The Morgan fingerprint density at radius 2 is 2.19 bits per heavy atom. The number of nitrogens with zero attached hydrogens (tertiary/aromatic N) is 3. The van der Waals surface area contributed by atoms with E-state index in [0.29, 0.717) is 12.3 Å². The molecule has 6 nitrogen and oxygen atoms in total. The summed E-state index contributed by atoms with van der Waals surface area (Å²) in [6.07, 6.45) is 1.91. The molecule has 0 aliphatic carbocycles. The van der Waals surface area contributed by atoms with E-state index >= 15 is 0 Å². The van der Waals surface area contributed by atoms with Gasteiger partial charge >= 0.3 is 0 Å². The van der Waals surface area contributed by atoms with Crippen molar-refractivity contribution >= 4 is 5.91 Å². The molecule has 2 aromatic rings. The summed E-state index contributed by atoms with van der Waals surface area (Å²) in [5.41, 5.74) is 1.99. The van der Waals surface area contributed by atoms with Gasteiger partial charge in [-0.1, -0.05) is 23.4 Å². The average Bonchev–Trinajstić information content (AvgIpc) is 2.91. The normalized spacial score (nSPS) is 18.4. The Morgan fingerprint density at radius 3 is 2.90 bits per heavy atom. The molecule has 2 heterocycles. The minimum atomic E-state index is -0.190. The van der Waals surface area contributed by atoms with Crippen LogP contribution in [0.5, 0.6) is 0 Å². The fourth-order valence-corrected chi connectivity index (χ4v) is 2.46. The lowest BCUT2D eigenvalue weighted by molar-refractivity contribution is 0.0621. The summed E-state index contributed by atoms with van der Waals surface area (Å²) in [4.78, 5) is 12.3. The van der Waals surface area contributed by atoms with Crippen LogP contribution >= 0.6 is 0 Å². The second kappa shape index (κ2) is 6.05. The van der Waals surface area contributed by atoms with Crippen molar-refractivity contribution in [1.82, 2.24) is 20.3 Å². The van der Waals surface area contributed by atoms with Gasteiger partial charge in [-0.15, -0.1) is 5.10 Å². The third-order valence-electron chi connectivity index (χ3n) is 3.61. The Kier molecular flexibility index (Phi) is 3.96. The van der Waals surface area contributed by atoms with E-state index in [9.17, 15) is 4.79 Å². The largest absolute Gasteiger partial charge is 0.379 e. The first-order valence-corrected chi connectivity index (χ1v) is 7.12. The van der Waals surface area contributed by atoms with E-state index in [1.54, 1.807) is 4.68 Å². The van der Waals surface area contributed by atoms with Crippen LogP contribution in [-0.4, -0.2) is 40.2 Å². The van der Waals surface area contributed by atoms with Crippen molar-refractivity contribution < 1.29 is 9.53 Å². The standard InChI is InChI=1S/C15H18N4O2/c1-11-14(15(20)16-12-6-5-9-21-10-12)17-18-19(11)13-7-3-2-4-8-13/h2-4,7-8,12H,5-6,9-10H2,1H3,(H,16,20)/t12-/m0/s1. The van der Waals surface area contributed by atoms with Crippen molar-refractivity contribution in [2.75, 3.05) is 13.2 Å². The van der Waals surface area contributed by atoms with E-state index in [0.717, 1.165) is 30.8 Å². The maximum atomic E-state index is 12.3. The maximum Gasteiger partial charge on any atom is 0.274 e. The van der Waals surface area contributed by atoms with E-state index in [1.807, 2.05) is 37.3 Å². The predicted molar refractivity (Wildman–Crippen MR) is 77.4 cm³/mol. The van der Waals surface area contributed by atoms with Crippen molar-refractivity contribution in [3.8, 4) is 5.69 Å². The number of rotatable bonds is 3. The molecule has 21 heavy (non-hydrogen) atoms. The number of carbonyl (C=O) groups excluding carboxylic acids is 1. The van der Waals surface area contributed by atoms with Crippen LogP contribution in [0.4, 0.5) is 0 Å². The molecule has 1 N–H and O–H groups in total. The Morgan fingerprint density at radius 1 is 1.38 bits per heavy atom. The fraction of sp³-hybridized carbons (Fsp3) is 0.400. The molecule has 0 saturated carbocycles. The van der Waals surface area contributed by atoms with Crippen LogP contribution in [0.3, 0.4) is 0 Å². The summed E-state index contributed by atoms with van der Waals surface area (Å²) in [6, 6.07) is 9.71. The van der Waals surface area contributed by atoms with E-state index in [1.165, 1.54) is 0 Å². The van der Waals surface area contributed by atoms with Gasteiger partial charge in [-0.3, -0.25) is 4.79 Å². The van der Waals surface area contributed by atoms with Gasteiger partial charge in [0, 0.05) is 6.61 Å².